The molecule has 0 heteroatoms. The molecule has 0 heterocycles. The third-order valence-electron chi connectivity index (χ3n) is 10.5. The Hall–Kier alpha value is -6.50. The van der Waals surface area contributed by atoms with Crippen LogP contribution in [0.4, 0.5) is 0 Å². The van der Waals surface area contributed by atoms with Crippen LogP contribution in [0, 0.1) is 0 Å². The molecule has 0 N–H and O–H groups in total. The highest BCUT2D eigenvalue weighted by Gasteiger charge is 2.20. The zero-order valence-corrected chi connectivity index (χ0v) is 27.5. The summed E-state index contributed by atoms with van der Waals surface area (Å²) in [4.78, 5) is 0. The standard InChI is InChI=1S/C50H32/c1-4-18-36-33(13-1)16-11-25-39(36)41-21-7-8-23-43(41)48-32-30-46-45-28-27-35-15-3-6-20-38(35)44(45)29-31-49(46)50(48)47-24-10-9-22-42(47)40-26-12-17-34-14-2-5-19-37(34)40/h1-32H. The molecule has 232 valence electrons. The van der Waals surface area contributed by atoms with Gasteiger partial charge in [0.05, 0.1) is 0 Å². The number of hydrogen-bond acceptors (Lipinski definition) is 0. The monoisotopic (exact) mass is 632 g/mol. The van der Waals surface area contributed by atoms with Gasteiger partial charge in [-0.15, -0.1) is 0 Å². The highest BCUT2D eigenvalue weighted by Crippen LogP contribution is 2.48. The molecule has 0 fully saturated rings. The lowest BCUT2D eigenvalue weighted by molar-refractivity contribution is 1.59. The summed E-state index contributed by atoms with van der Waals surface area (Å²) in [5.74, 6) is 0. The molecule has 0 aliphatic heterocycles. The molecule has 0 amide bonds. The summed E-state index contributed by atoms with van der Waals surface area (Å²) in [6.07, 6.45) is 0. The van der Waals surface area contributed by atoms with Crippen LogP contribution in [0.5, 0.6) is 0 Å². The van der Waals surface area contributed by atoms with E-state index in [0.717, 1.165) is 0 Å². The highest BCUT2D eigenvalue weighted by atomic mass is 14.2. The van der Waals surface area contributed by atoms with Crippen molar-refractivity contribution >= 4 is 53.9 Å². The largest absolute Gasteiger partial charge is 0.0616 e. The lowest BCUT2D eigenvalue weighted by Gasteiger charge is -2.21. The molecule has 0 spiro atoms. The maximum absolute atomic E-state index is 2.37. The van der Waals surface area contributed by atoms with Gasteiger partial charge in [-0.25, -0.2) is 0 Å². The van der Waals surface area contributed by atoms with Crippen LogP contribution >= 0.6 is 0 Å². The minimum Gasteiger partial charge on any atom is -0.0616 e. The average Bonchev–Trinajstić information content (AvgIpc) is 3.19. The molecule has 0 bridgehead atoms. The third-order valence-corrected chi connectivity index (χ3v) is 10.5. The van der Waals surface area contributed by atoms with Crippen molar-refractivity contribution in [3.63, 3.8) is 0 Å². The van der Waals surface area contributed by atoms with Gasteiger partial charge < -0.3 is 0 Å². The molecule has 10 aromatic rings. The summed E-state index contributed by atoms with van der Waals surface area (Å²) in [5.41, 5.74) is 9.92. The van der Waals surface area contributed by atoms with E-state index in [2.05, 4.69) is 194 Å². The van der Waals surface area contributed by atoms with Gasteiger partial charge in [0.25, 0.3) is 0 Å². The molecule has 10 aromatic carbocycles. The van der Waals surface area contributed by atoms with E-state index in [1.807, 2.05) is 0 Å². The molecule has 0 aliphatic carbocycles. The Morgan fingerprint density at radius 3 is 1.16 bits per heavy atom. The van der Waals surface area contributed by atoms with Gasteiger partial charge in [0.2, 0.25) is 0 Å². The Balaban J connectivity index is 1.33. The minimum atomic E-state index is 1.23. The molecule has 10 rings (SSSR count). The van der Waals surface area contributed by atoms with Crippen molar-refractivity contribution in [1.82, 2.24) is 0 Å². The van der Waals surface area contributed by atoms with Gasteiger partial charge in [0.1, 0.15) is 0 Å². The molecule has 50 heavy (non-hydrogen) atoms. The molecular formula is C50H32. The van der Waals surface area contributed by atoms with Crippen LogP contribution in [0.25, 0.3) is 98.4 Å². The number of hydrogen-bond donors (Lipinski definition) is 0. The first-order valence-electron chi connectivity index (χ1n) is 17.4. The third kappa shape index (κ3) is 4.46. The quantitative estimate of drug-likeness (QED) is 0.169. The summed E-state index contributed by atoms with van der Waals surface area (Å²) in [6.45, 7) is 0. The first-order valence-corrected chi connectivity index (χ1v) is 17.4. The second-order valence-corrected chi connectivity index (χ2v) is 13.2. The fourth-order valence-corrected chi connectivity index (χ4v) is 8.23. The second-order valence-electron chi connectivity index (χ2n) is 13.2. The van der Waals surface area contributed by atoms with E-state index in [-0.39, 0.29) is 0 Å². The summed E-state index contributed by atoms with van der Waals surface area (Å²) < 4.78 is 0. The first-order chi connectivity index (χ1) is 24.8. The first kappa shape index (κ1) is 28.5. The van der Waals surface area contributed by atoms with E-state index in [1.165, 1.54) is 98.4 Å². The van der Waals surface area contributed by atoms with Gasteiger partial charge >= 0.3 is 0 Å². The van der Waals surface area contributed by atoms with E-state index in [1.54, 1.807) is 0 Å². The normalized spacial score (nSPS) is 11.6. The molecule has 0 atom stereocenters. The zero-order chi connectivity index (χ0) is 33.0. The van der Waals surface area contributed by atoms with E-state index < -0.39 is 0 Å². The summed E-state index contributed by atoms with van der Waals surface area (Å²) >= 11 is 0. The van der Waals surface area contributed by atoms with Gasteiger partial charge in [-0.1, -0.05) is 194 Å². The second kappa shape index (κ2) is 11.6. The molecule has 0 unspecified atom stereocenters. The maximum atomic E-state index is 2.37. The Morgan fingerprint density at radius 1 is 0.160 bits per heavy atom. The highest BCUT2D eigenvalue weighted by molar-refractivity contribution is 6.22. The Labute approximate surface area is 291 Å². The van der Waals surface area contributed by atoms with E-state index >= 15 is 0 Å². The molecule has 0 saturated carbocycles. The van der Waals surface area contributed by atoms with Crippen molar-refractivity contribution < 1.29 is 0 Å². The van der Waals surface area contributed by atoms with Crippen LogP contribution in [0.15, 0.2) is 194 Å². The molecular weight excluding hydrogens is 601 g/mol. The molecule has 0 radical (unpaired) electrons. The SMILES string of the molecule is c1ccc(-c2cccc3ccccc23)c(-c2ccc3c(ccc4c5ccccc5ccc34)c2-c2ccccc2-c2cccc3ccccc23)c1. The predicted octanol–water partition coefficient (Wildman–Crippen LogP) is 14.1. The fraction of sp³-hybridized carbons (Fsp3) is 0. The molecule has 0 nitrogen and oxygen atoms in total. The van der Waals surface area contributed by atoms with Crippen LogP contribution in [-0.2, 0) is 0 Å². The van der Waals surface area contributed by atoms with Gasteiger partial charge in [0, 0.05) is 0 Å². The van der Waals surface area contributed by atoms with Crippen LogP contribution < -0.4 is 0 Å². The Bertz CT molecular complexity index is 2920. The van der Waals surface area contributed by atoms with Crippen molar-refractivity contribution in [3.8, 4) is 44.5 Å². The lowest BCUT2D eigenvalue weighted by Crippen LogP contribution is -1.94. The van der Waals surface area contributed by atoms with Crippen LogP contribution in [0.2, 0.25) is 0 Å². The zero-order valence-electron chi connectivity index (χ0n) is 27.5. The lowest BCUT2D eigenvalue weighted by atomic mass is 9.82. The van der Waals surface area contributed by atoms with E-state index in [9.17, 15) is 0 Å². The van der Waals surface area contributed by atoms with Crippen LogP contribution in [0.1, 0.15) is 0 Å². The summed E-state index contributed by atoms with van der Waals surface area (Å²) in [5, 5.41) is 12.7. The fourth-order valence-electron chi connectivity index (χ4n) is 8.23. The Kier molecular flexibility index (Phi) is 6.60. The van der Waals surface area contributed by atoms with Crippen LogP contribution in [-0.4, -0.2) is 0 Å². The van der Waals surface area contributed by atoms with Gasteiger partial charge in [-0.3, -0.25) is 0 Å². The van der Waals surface area contributed by atoms with Crippen molar-refractivity contribution in [2.45, 2.75) is 0 Å². The van der Waals surface area contributed by atoms with E-state index in [0.29, 0.717) is 0 Å². The minimum absolute atomic E-state index is 1.23. The maximum Gasteiger partial charge on any atom is -0.00201 e. The topological polar surface area (TPSA) is 0 Å². The van der Waals surface area contributed by atoms with Crippen molar-refractivity contribution in [2.24, 2.45) is 0 Å². The number of benzene rings is 10. The Morgan fingerprint density at radius 2 is 0.520 bits per heavy atom. The number of fused-ring (bicyclic) bond motifs is 7. The summed E-state index contributed by atoms with van der Waals surface area (Å²) in [7, 11) is 0. The predicted molar refractivity (Wildman–Crippen MR) is 216 cm³/mol. The van der Waals surface area contributed by atoms with Crippen molar-refractivity contribution in [1.29, 1.82) is 0 Å². The number of rotatable bonds is 4. The molecule has 0 aromatic heterocycles. The van der Waals surface area contributed by atoms with Gasteiger partial charge in [0.15, 0.2) is 0 Å². The molecule has 0 saturated heterocycles. The summed E-state index contributed by atoms with van der Waals surface area (Å²) in [6, 6.07) is 71.4. The molecule has 0 aliphatic rings. The smallest absolute Gasteiger partial charge is 0.00201 e. The van der Waals surface area contributed by atoms with Gasteiger partial charge in [-0.05, 0) is 98.4 Å². The van der Waals surface area contributed by atoms with Gasteiger partial charge in [-0.2, -0.15) is 0 Å². The van der Waals surface area contributed by atoms with Crippen molar-refractivity contribution in [3.05, 3.63) is 194 Å². The van der Waals surface area contributed by atoms with Crippen molar-refractivity contribution in [2.75, 3.05) is 0 Å². The van der Waals surface area contributed by atoms with Crippen LogP contribution in [0.3, 0.4) is 0 Å². The van der Waals surface area contributed by atoms with E-state index in [4.69, 9.17) is 0 Å². The average molecular weight is 633 g/mol.